The van der Waals surface area contributed by atoms with Crippen molar-refractivity contribution in [2.75, 3.05) is 26.2 Å². The minimum Gasteiger partial charge on any atom is -0.472 e. The summed E-state index contributed by atoms with van der Waals surface area (Å²) in [7, 11) is 0. The fourth-order valence-corrected chi connectivity index (χ4v) is 1.15. The van der Waals surface area contributed by atoms with Gasteiger partial charge >= 0.3 is 5.91 Å². The van der Waals surface area contributed by atoms with Crippen molar-refractivity contribution in [3.63, 3.8) is 0 Å². The maximum absolute atomic E-state index is 11.7. The first-order valence-electron chi connectivity index (χ1n) is 4.48. The summed E-state index contributed by atoms with van der Waals surface area (Å²) >= 11 is 0. The predicted molar refractivity (Wildman–Crippen MR) is 55.2 cm³/mol. The van der Waals surface area contributed by atoms with E-state index in [4.69, 9.17) is 4.74 Å². The highest BCUT2D eigenvalue weighted by molar-refractivity contribution is 6.35. The lowest BCUT2D eigenvalue weighted by molar-refractivity contribution is -0.124. The monoisotopic (exact) mass is 194 g/mol. The van der Waals surface area contributed by atoms with Gasteiger partial charge in [0.1, 0.15) is 6.61 Å². The molecule has 14 heavy (non-hydrogen) atoms. The Bertz CT molecular complexity index is 261. The van der Waals surface area contributed by atoms with Crippen molar-refractivity contribution in [2.45, 2.75) is 0 Å². The average Bonchev–Trinajstić information content (AvgIpc) is 2.69. The highest BCUT2D eigenvalue weighted by Crippen LogP contribution is 2.00. The van der Waals surface area contributed by atoms with Crippen molar-refractivity contribution in [1.82, 2.24) is 4.90 Å². The van der Waals surface area contributed by atoms with Crippen molar-refractivity contribution in [3.8, 4) is 0 Å². The van der Waals surface area contributed by atoms with Crippen LogP contribution < -0.4 is 0 Å². The van der Waals surface area contributed by atoms with Crippen LogP contribution in [-0.4, -0.2) is 42.9 Å². The van der Waals surface area contributed by atoms with Gasteiger partial charge in [-0.15, -0.1) is 13.2 Å². The summed E-state index contributed by atoms with van der Waals surface area (Å²) in [5.41, 5.74) is 0. The van der Waals surface area contributed by atoms with E-state index in [1.807, 2.05) is 0 Å². The molecule has 76 valence electrons. The van der Waals surface area contributed by atoms with Gasteiger partial charge in [-0.1, -0.05) is 12.2 Å². The van der Waals surface area contributed by atoms with E-state index in [2.05, 4.69) is 18.2 Å². The fraction of sp³-hybridized carbons (Fsp3) is 0.400. The highest BCUT2D eigenvalue weighted by Gasteiger charge is 2.21. The fourth-order valence-electron chi connectivity index (χ4n) is 1.15. The molecule has 0 saturated carbocycles. The number of carbonyl (C=O) groups is 1. The molecule has 1 rings (SSSR count). The summed E-state index contributed by atoms with van der Waals surface area (Å²) < 4.78 is 5.08. The van der Waals surface area contributed by atoms with Crippen LogP contribution in [0.2, 0.25) is 0 Å². The molecule has 1 amide bonds. The van der Waals surface area contributed by atoms with E-state index in [9.17, 15) is 4.79 Å². The Morgan fingerprint density at radius 3 is 2.57 bits per heavy atom. The number of ether oxygens (including phenoxy) is 1. The highest BCUT2D eigenvalue weighted by atomic mass is 16.5. The van der Waals surface area contributed by atoms with Gasteiger partial charge in [0.15, 0.2) is 0 Å². The van der Waals surface area contributed by atoms with Gasteiger partial charge < -0.3 is 9.64 Å². The van der Waals surface area contributed by atoms with Crippen LogP contribution in [0, 0.1) is 0 Å². The number of carbonyl (C=O) groups excluding carboxylic acids is 1. The molecule has 0 saturated heterocycles. The Kier molecular flexibility index (Phi) is 3.91. The van der Waals surface area contributed by atoms with Crippen LogP contribution in [0.3, 0.4) is 0 Å². The van der Waals surface area contributed by atoms with E-state index in [0.717, 1.165) is 0 Å². The zero-order valence-electron chi connectivity index (χ0n) is 8.11. The quantitative estimate of drug-likeness (QED) is 0.602. The topological polar surface area (TPSA) is 41.9 Å². The number of rotatable bonds is 5. The van der Waals surface area contributed by atoms with Gasteiger partial charge in [0, 0.05) is 13.1 Å². The van der Waals surface area contributed by atoms with Crippen molar-refractivity contribution < 1.29 is 9.53 Å². The summed E-state index contributed by atoms with van der Waals surface area (Å²) in [6, 6.07) is 0. The van der Waals surface area contributed by atoms with Gasteiger partial charge in [-0.3, -0.25) is 4.79 Å². The predicted octanol–water partition coefficient (Wildman–Crippen LogP) is 0.616. The van der Waals surface area contributed by atoms with Crippen LogP contribution in [0.4, 0.5) is 0 Å². The minimum atomic E-state index is -0.192. The van der Waals surface area contributed by atoms with Crippen LogP contribution in [0.1, 0.15) is 0 Å². The first kappa shape index (κ1) is 10.5. The molecule has 4 heteroatoms. The van der Waals surface area contributed by atoms with Gasteiger partial charge in [0.2, 0.25) is 0 Å². The molecule has 0 aromatic rings. The third-order valence-electron chi connectivity index (χ3n) is 1.75. The van der Waals surface area contributed by atoms with Crippen LogP contribution >= 0.6 is 0 Å². The van der Waals surface area contributed by atoms with E-state index < -0.39 is 0 Å². The molecule has 0 fully saturated rings. The molecule has 0 aromatic heterocycles. The summed E-state index contributed by atoms with van der Waals surface area (Å²) in [6.07, 6.45) is 3.33. The lowest BCUT2D eigenvalue weighted by atomic mass is 10.4. The van der Waals surface area contributed by atoms with Crippen molar-refractivity contribution in [3.05, 3.63) is 25.3 Å². The summed E-state index contributed by atoms with van der Waals surface area (Å²) in [4.78, 5) is 17.2. The van der Waals surface area contributed by atoms with E-state index in [1.54, 1.807) is 17.1 Å². The molecule has 0 atom stereocenters. The first-order valence-corrected chi connectivity index (χ1v) is 4.48. The Hall–Kier alpha value is -1.58. The number of hydrogen-bond donors (Lipinski definition) is 0. The Morgan fingerprint density at radius 2 is 2.14 bits per heavy atom. The lowest BCUT2D eigenvalue weighted by Gasteiger charge is -2.18. The average molecular weight is 194 g/mol. The Balaban J connectivity index is 2.61. The van der Waals surface area contributed by atoms with Gasteiger partial charge in [-0.2, -0.15) is 0 Å². The van der Waals surface area contributed by atoms with E-state index >= 15 is 0 Å². The molecule has 1 heterocycles. The zero-order valence-corrected chi connectivity index (χ0v) is 8.11. The van der Waals surface area contributed by atoms with Crippen LogP contribution in [0.5, 0.6) is 0 Å². The molecule has 0 bridgehead atoms. The summed E-state index contributed by atoms with van der Waals surface area (Å²) in [6.45, 7) is 9.19. The maximum Gasteiger partial charge on any atom is 0.309 e. The van der Waals surface area contributed by atoms with Crippen molar-refractivity contribution >= 4 is 11.8 Å². The third kappa shape index (κ3) is 2.45. The summed E-state index contributed by atoms with van der Waals surface area (Å²) in [5, 5.41) is 0. The normalized spacial score (nSPS) is 14.1. The van der Waals surface area contributed by atoms with Crippen molar-refractivity contribution in [2.24, 2.45) is 4.99 Å². The SMILES string of the molecule is C=CCN(CC=C)C(=O)C1=NCCO1. The number of nitrogens with zero attached hydrogens (tertiary/aromatic N) is 2. The third-order valence-corrected chi connectivity index (χ3v) is 1.75. The standard InChI is InChI=1S/C10H14N2O2/c1-3-6-12(7-4-2)10(13)9-11-5-8-14-9/h3-4H,1-2,5-8H2. The zero-order chi connectivity index (χ0) is 10.4. The molecule has 0 aliphatic carbocycles. The van der Waals surface area contributed by atoms with E-state index in [1.165, 1.54) is 0 Å². The molecular weight excluding hydrogens is 180 g/mol. The van der Waals surface area contributed by atoms with E-state index in [-0.39, 0.29) is 11.8 Å². The minimum absolute atomic E-state index is 0.192. The molecule has 1 aliphatic rings. The van der Waals surface area contributed by atoms with Crippen LogP contribution in [-0.2, 0) is 9.53 Å². The Morgan fingerprint density at radius 1 is 1.50 bits per heavy atom. The second kappa shape index (κ2) is 5.21. The number of aliphatic imine (C=N–C) groups is 1. The molecular formula is C10H14N2O2. The van der Waals surface area contributed by atoms with Gasteiger partial charge in [-0.05, 0) is 0 Å². The maximum atomic E-state index is 11.7. The summed E-state index contributed by atoms with van der Waals surface area (Å²) in [5.74, 6) is 0.0102. The van der Waals surface area contributed by atoms with Crippen molar-refractivity contribution in [1.29, 1.82) is 0 Å². The molecule has 0 N–H and O–H groups in total. The second-order valence-electron chi connectivity index (χ2n) is 2.82. The second-order valence-corrected chi connectivity index (χ2v) is 2.82. The molecule has 1 aliphatic heterocycles. The van der Waals surface area contributed by atoms with Crippen LogP contribution in [0.15, 0.2) is 30.3 Å². The van der Waals surface area contributed by atoms with Gasteiger partial charge in [-0.25, -0.2) is 4.99 Å². The smallest absolute Gasteiger partial charge is 0.309 e. The first-order chi connectivity index (χ1) is 6.79. The number of hydrogen-bond acceptors (Lipinski definition) is 3. The Labute approximate surface area is 83.6 Å². The van der Waals surface area contributed by atoms with Gasteiger partial charge in [0.25, 0.3) is 5.90 Å². The number of amides is 1. The van der Waals surface area contributed by atoms with E-state index in [0.29, 0.717) is 26.2 Å². The largest absolute Gasteiger partial charge is 0.472 e. The molecule has 0 unspecified atom stereocenters. The molecule has 0 aromatic carbocycles. The molecule has 0 radical (unpaired) electrons. The van der Waals surface area contributed by atoms with Gasteiger partial charge in [0.05, 0.1) is 6.54 Å². The lowest BCUT2D eigenvalue weighted by Crippen LogP contribution is -2.37. The molecule has 4 nitrogen and oxygen atoms in total. The molecule has 0 spiro atoms. The van der Waals surface area contributed by atoms with Crippen LogP contribution in [0.25, 0.3) is 0 Å².